The normalized spacial score (nSPS) is 22.9. The van der Waals surface area contributed by atoms with E-state index in [-0.39, 0.29) is 58.7 Å². The number of anilines is 1. The van der Waals surface area contributed by atoms with Crippen molar-refractivity contribution in [2.75, 3.05) is 38.2 Å². The fraction of sp³-hybridized carbons (Fsp3) is 0.341. The van der Waals surface area contributed by atoms with E-state index in [1.807, 2.05) is 11.8 Å². The van der Waals surface area contributed by atoms with Crippen LogP contribution in [-0.4, -0.2) is 92.7 Å². The summed E-state index contributed by atoms with van der Waals surface area (Å²) in [4.78, 5) is 36.6. The number of carbonyl (C=O) groups excluding carboxylic acids is 1. The van der Waals surface area contributed by atoms with Crippen molar-refractivity contribution in [3.63, 3.8) is 0 Å². The Balaban J connectivity index is 1.19. The minimum atomic E-state index is -0.976. The maximum Gasteiger partial charge on any atom is 0.319 e. The zero-order valence-electron chi connectivity index (χ0n) is 29.8. The standard InChI is InChI=1S/C41H37F4N7O2/c1-4-28-31(43)13-12-25-9-7-11-29(34(25)28)36-35(45)37-30(21-47-36)38(49-40(48-37)54-23-41-15-8-17-51(41)22-26(42)20-41)50(3)33-14-18-52(24(33)2)39(53)32(44)19-27-10-5-6-16-46-27/h1,5-7,9-13,16,19,21,24,26,33H,8,14-15,17-18,20,22-23H2,2-3H3/b32-19-/t24-,26-,33-,41+/m1/s1. The molecule has 3 saturated heterocycles. The van der Waals surface area contributed by atoms with Crippen LogP contribution in [0.4, 0.5) is 23.4 Å². The SMILES string of the molecule is C#Cc1c(F)ccc2cccc(-c3ncc4c(N(C)[C@@H]5CCN(C(=O)/C(F)=C/c6ccccn6)[C@@H]5C)nc(OC[C@@]56CCCN5C[C@H](F)C6)nc4c3F)c12. The van der Waals surface area contributed by atoms with Gasteiger partial charge in [-0.25, -0.2) is 17.6 Å². The molecule has 3 aliphatic rings. The third-order valence-electron chi connectivity index (χ3n) is 11.2. The summed E-state index contributed by atoms with van der Waals surface area (Å²) in [6.45, 7) is 3.29. The molecule has 3 aliphatic heterocycles. The number of pyridine rings is 2. The lowest BCUT2D eigenvalue weighted by molar-refractivity contribution is -0.129. The van der Waals surface area contributed by atoms with Crippen LogP contribution >= 0.6 is 0 Å². The second-order valence-corrected chi connectivity index (χ2v) is 14.3. The van der Waals surface area contributed by atoms with E-state index in [1.54, 1.807) is 49.5 Å². The van der Waals surface area contributed by atoms with Gasteiger partial charge in [0.15, 0.2) is 11.6 Å². The van der Waals surface area contributed by atoms with Gasteiger partial charge in [0.25, 0.3) is 5.91 Å². The van der Waals surface area contributed by atoms with E-state index in [1.165, 1.54) is 23.4 Å². The molecule has 9 nitrogen and oxygen atoms in total. The Kier molecular flexibility index (Phi) is 9.17. The number of aromatic nitrogens is 4. The second-order valence-electron chi connectivity index (χ2n) is 14.3. The van der Waals surface area contributed by atoms with Crippen LogP contribution in [0.2, 0.25) is 0 Å². The Morgan fingerprint density at radius 2 is 1.98 bits per heavy atom. The molecule has 1 amide bonds. The lowest BCUT2D eigenvalue weighted by Gasteiger charge is -2.33. The minimum Gasteiger partial charge on any atom is -0.461 e. The molecule has 0 saturated carbocycles. The van der Waals surface area contributed by atoms with Crippen LogP contribution in [0, 0.1) is 24.0 Å². The van der Waals surface area contributed by atoms with Gasteiger partial charge in [0.2, 0.25) is 0 Å². The summed E-state index contributed by atoms with van der Waals surface area (Å²) in [6, 6.07) is 12.0. The number of hydrogen-bond donors (Lipinski definition) is 0. The van der Waals surface area contributed by atoms with Gasteiger partial charge in [-0.15, -0.1) is 6.42 Å². The molecule has 8 rings (SSSR count). The van der Waals surface area contributed by atoms with Crippen molar-refractivity contribution in [2.45, 2.75) is 56.4 Å². The molecule has 6 heterocycles. The highest BCUT2D eigenvalue weighted by molar-refractivity contribution is 6.02. The first kappa shape index (κ1) is 35.4. The second kappa shape index (κ2) is 14.0. The molecule has 0 radical (unpaired) electrons. The highest BCUT2D eigenvalue weighted by Crippen LogP contribution is 2.41. The summed E-state index contributed by atoms with van der Waals surface area (Å²) in [5, 5.41) is 1.21. The van der Waals surface area contributed by atoms with E-state index in [4.69, 9.17) is 16.1 Å². The molecule has 3 aromatic heterocycles. The maximum atomic E-state index is 17.0. The van der Waals surface area contributed by atoms with Gasteiger partial charge in [-0.1, -0.05) is 36.3 Å². The van der Waals surface area contributed by atoms with E-state index in [9.17, 15) is 13.6 Å². The van der Waals surface area contributed by atoms with Crippen LogP contribution in [0.15, 0.2) is 66.8 Å². The number of benzene rings is 2. The van der Waals surface area contributed by atoms with E-state index in [0.29, 0.717) is 35.9 Å². The number of ether oxygens (including phenoxy) is 1. The van der Waals surface area contributed by atoms with Crippen LogP contribution in [0.1, 0.15) is 43.9 Å². The van der Waals surface area contributed by atoms with Gasteiger partial charge in [-0.05, 0) is 56.3 Å². The summed E-state index contributed by atoms with van der Waals surface area (Å²) in [5.41, 5.74) is -0.109. The zero-order valence-corrected chi connectivity index (χ0v) is 29.8. The molecule has 3 fully saturated rings. The largest absolute Gasteiger partial charge is 0.461 e. The molecule has 13 heteroatoms. The average Bonchev–Trinajstić information content (AvgIpc) is 3.85. The maximum absolute atomic E-state index is 17.0. The van der Waals surface area contributed by atoms with Crippen molar-refractivity contribution in [1.82, 2.24) is 29.7 Å². The predicted octanol–water partition coefficient (Wildman–Crippen LogP) is 6.89. The number of likely N-dealkylation sites (tertiary alicyclic amines) is 1. The number of hydrogen-bond acceptors (Lipinski definition) is 8. The first-order valence-electron chi connectivity index (χ1n) is 18.0. The topological polar surface area (TPSA) is 87.6 Å². The van der Waals surface area contributed by atoms with Gasteiger partial charge in [0.1, 0.15) is 35.6 Å². The van der Waals surface area contributed by atoms with Crippen molar-refractivity contribution in [3.8, 4) is 29.6 Å². The van der Waals surface area contributed by atoms with Crippen molar-refractivity contribution in [1.29, 1.82) is 0 Å². The number of rotatable bonds is 8. The van der Waals surface area contributed by atoms with E-state index in [2.05, 4.69) is 25.8 Å². The number of fused-ring (bicyclic) bond motifs is 3. The van der Waals surface area contributed by atoms with Crippen LogP contribution in [0.3, 0.4) is 0 Å². The number of halogens is 4. The third-order valence-corrected chi connectivity index (χ3v) is 11.2. The van der Waals surface area contributed by atoms with Crippen molar-refractivity contribution in [2.24, 2.45) is 0 Å². The monoisotopic (exact) mass is 735 g/mol. The lowest BCUT2D eigenvalue weighted by Crippen LogP contribution is -2.44. The minimum absolute atomic E-state index is 0.0136. The lowest BCUT2D eigenvalue weighted by atomic mass is 9.95. The van der Waals surface area contributed by atoms with Gasteiger partial charge in [-0.2, -0.15) is 9.97 Å². The molecular formula is C41H37F4N7O2. The van der Waals surface area contributed by atoms with E-state index in [0.717, 1.165) is 25.5 Å². The molecule has 5 aromatic rings. The van der Waals surface area contributed by atoms with Crippen LogP contribution in [-0.2, 0) is 4.79 Å². The molecule has 0 unspecified atom stereocenters. The highest BCUT2D eigenvalue weighted by atomic mass is 19.1. The number of nitrogens with zero attached hydrogens (tertiary/aromatic N) is 7. The van der Waals surface area contributed by atoms with Gasteiger partial charge in [0.05, 0.1) is 28.2 Å². The molecule has 2 aromatic carbocycles. The zero-order chi connectivity index (χ0) is 37.7. The number of alkyl halides is 1. The number of terminal acetylenes is 1. The molecule has 0 N–H and O–H groups in total. The Labute approximate surface area is 309 Å². The van der Waals surface area contributed by atoms with Gasteiger partial charge >= 0.3 is 6.01 Å². The Morgan fingerprint density at radius 3 is 2.78 bits per heavy atom. The smallest absolute Gasteiger partial charge is 0.319 e. The van der Waals surface area contributed by atoms with Crippen LogP contribution in [0.5, 0.6) is 6.01 Å². The van der Waals surface area contributed by atoms with Crippen molar-refractivity contribution < 1.29 is 27.1 Å². The Bertz CT molecular complexity index is 2350. The van der Waals surface area contributed by atoms with Crippen molar-refractivity contribution in [3.05, 3.63) is 89.6 Å². The molecule has 276 valence electrons. The van der Waals surface area contributed by atoms with Gasteiger partial charge < -0.3 is 14.5 Å². The summed E-state index contributed by atoms with van der Waals surface area (Å²) in [7, 11) is 1.77. The fourth-order valence-corrected chi connectivity index (χ4v) is 8.56. The quantitative estimate of drug-likeness (QED) is 0.0968. The summed E-state index contributed by atoms with van der Waals surface area (Å²) in [5.74, 6) is -0.425. The van der Waals surface area contributed by atoms with Crippen molar-refractivity contribution >= 4 is 39.5 Å². The fourth-order valence-electron chi connectivity index (χ4n) is 8.56. The molecule has 4 atom stereocenters. The van der Waals surface area contributed by atoms with Crippen LogP contribution in [0.25, 0.3) is 39.0 Å². The molecular weight excluding hydrogens is 698 g/mol. The molecule has 0 spiro atoms. The molecule has 0 aliphatic carbocycles. The van der Waals surface area contributed by atoms with E-state index < -0.39 is 41.1 Å². The summed E-state index contributed by atoms with van der Waals surface area (Å²) >= 11 is 0. The Hall–Kier alpha value is -5.61. The first-order chi connectivity index (χ1) is 26.1. The number of amides is 1. The molecule has 54 heavy (non-hydrogen) atoms. The van der Waals surface area contributed by atoms with E-state index >= 15 is 8.78 Å². The van der Waals surface area contributed by atoms with Crippen LogP contribution < -0.4 is 9.64 Å². The van der Waals surface area contributed by atoms with Gasteiger partial charge in [0, 0.05) is 62.0 Å². The number of carbonyl (C=O) groups is 1. The predicted molar refractivity (Wildman–Crippen MR) is 198 cm³/mol. The third kappa shape index (κ3) is 6.08. The summed E-state index contributed by atoms with van der Waals surface area (Å²) < 4.78 is 68.0. The average molecular weight is 736 g/mol. The Morgan fingerprint density at radius 1 is 1.13 bits per heavy atom. The summed E-state index contributed by atoms with van der Waals surface area (Å²) in [6.07, 6.45) is 11.3. The highest BCUT2D eigenvalue weighted by Gasteiger charge is 2.49. The number of likely N-dealkylation sites (N-methyl/N-ethyl adjacent to an activating group) is 1. The molecule has 0 bridgehead atoms. The van der Waals surface area contributed by atoms with Gasteiger partial charge in [-0.3, -0.25) is 19.7 Å². The first-order valence-corrected chi connectivity index (χ1v) is 18.0.